The molecule has 4 atom stereocenters. The number of benzene rings is 1. The monoisotopic (exact) mass is 351 g/mol. The van der Waals surface area contributed by atoms with Crippen molar-refractivity contribution in [2.75, 3.05) is 16.8 Å². The van der Waals surface area contributed by atoms with Crippen molar-refractivity contribution in [3.05, 3.63) is 23.3 Å². The number of rotatable bonds is 1. The second-order valence-electron chi connectivity index (χ2n) is 8.32. The predicted molar refractivity (Wildman–Crippen MR) is 94.6 cm³/mol. The van der Waals surface area contributed by atoms with Gasteiger partial charge in [0, 0.05) is 6.54 Å². The van der Waals surface area contributed by atoms with E-state index >= 15 is 0 Å². The van der Waals surface area contributed by atoms with Gasteiger partial charge in [-0.05, 0) is 57.2 Å². The normalized spacial score (nSPS) is 37.3. The fourth-order valence-corrected chi connectivity index (χ4v) is 5.57. The molecule has 1 aromatic carbocycles. The largest absolute Gasteiger partial charge is 0.383 e. The Hall–Kier alpha value is -2.39. The average Bonchev–Trinajstić information content (AvgIpc) is 3.18. The number of hydrogen-bond acceptors (Lipinski definition) is 5. The van der Waals surface area contributed by atoms with Crippen molar-refractivity contribution >= 4 is 23.2 Å². The molecule has 1 aromatic rings. The molecule has 5 rings (SSSR count). The summed E-state index contributed by atoms with van der Waals surface area (Å²) < 4.78 is 6.16. The highest BCUT2D eigenvalue weighted by Gasteiger charge is 2.72. The quantitative estimate of drug-likeness (QED) is 0.786. The third kappa shape index (κ3) is 1.74. The molecule has 3 fully saturated rings. The standard InChI is InChI=1S/C20H21N3O3/c1-19-7-8-20(2,26-19)15-14(19)17(24)23(18(15)25)13-6-5-11(10-21)12-4-3-9-22-16(12)13/h5-6,14-15,22H,3-4,7-9H2,1-2H3. The topological polar surface area (TPSA) is 82.4 Å². The van der Waals surface area contributed by atoms with E-state index in [-0.39, 0.29) is 11.8 Å². The molecule has 0 saturated carbocycles. The van der Waals surface area contributed by atoms with Gasteiger partial charge in [0.2, 0.25) is 11.8 Å². The molecule has 2 amide bonds. The Balaban J connectivity index is 1.64. The summed E-state index contributed by atoms with van der Waals surface area (Å²) in [6.07, 6.45) is 3.32. The molecule has 4 aliphatic heterocycles. The minimum Gasteiger partial charge on any atom is -0.383 e. The highest BCUT2D eigenvalue weighted by atomic mass is 16.5. The number of nitrogens with zero attached hydrogens (tertiary/aromatic N) is 2. The Morgan fingerprint density at radius 2 is 1.85 bits per heavy atom. The van der Waals surface area contributed by atoms with Gasteiger partial charge in [0.1, 0.15) is 0 Å². The van der Waals surface area contributed by atoms with Crippen LogP contribution < -0.4 is 10.2 Å². The van der Waals surface area contributed by atoms with Crippen LogP contribution in [0.2, 0.25) is 0 Å². The summed E-state index contributed by atoms with van der Waals surface area (Å²) in [6, 6.07) is 5.69. The van der Waals surface area contributed by atoms with Crippen molar-refractivity contribution in [3.63, 3.8) is 0 Å². The molecule has 4 heterocycles. The van der Waals surface area contributed by atoms with Crippen molar-refractivity contribution in [2.24, 2.45) is 11.8 Å². The molecular weight excluding hydrogens is 330 g/mol. The van der Waals surface area contributed by atoms with E-state index in [4.69, 9.17) is 4.74 Å². The third-order valence-electron chi connectivity index (χ3n) is 6.76. The van der Waals surface area contributed by atoms with Crippen LogP contribution >= 0.6 is 0 Å². The van der Waals surface area contributed by atoms with Crippen LogP contribution in [0, 0.1) is 23.2 Å². The van der Waals surface area contributed by atoms with E-state index in [1.54, 1.807) is 12.1 Å². The fraction of sp³-hybridized carbons (Fsp3) is 0.550. The van der Waals surface area contributed by atoms with E-state index < -0.39 is 23.0 Å². The van der Waals surface area contributed by atoms with E-state index in [1.807, 2.05) is 13.8 Å². The van der Waals surface area contributed by atoms with Gasteiger partial charge in [-0.2, -0.15) is 5.26 Å². The zero-order chi connectivity index (χ0) is 18.3. The second kappa shape index (κ2) is 4.86. The van der Waals surface area contributed by atoms with E-state index in [2.05, 4.69) is 11.4 Å². The molecule has 0 aliphatic carbocycles. The first-order valence-electron chi connectivity index (χ1n) is 9.27. The van der Waals surface area contributed by atoms with E-state index in [1.165, 1.54) is 4.90 Å². The number of hydrogen-bond donors (Lipinski definition) is 1. The summed E-state index contributed by atoms with van der Waals surface area (Å²) in [5.41, 5.74) is 1.76. The van der Waals surface area contributed by atoms with E-state index in [9.17, 15) is 14.9 Å². The SMILES string of the molecule is CC12CCC(C)(O1)C1C(=O)N(c3ccc(C#N)c4c3NCCC4)C(=O)C12. The van der Waals surface area contributed by atoms with Gasteiger partial charge >= 0.3 is 0 Å². The molecule has 1 N–H and O–H groups in total. The Kier molecular flexibility index (Phi) is 2.96. The molecule has 6 nitrogen and oxygen atoms in total. The molecule has 4 unspecified atom stereocenters. The molecule has 2 bridgehead atoms. The van der Waals surface area contributed by atoms with E-state index in [0.717, 1.165) is 43.5 Å². The lowest BCUT2D eigenvalue weighted by Gasteiger charge is -2.28. The van der Waals surface area contributed by atoms with E-state index in [0.29, 0.717) is 11.3 Å². The number of carbonyl (C=O) groups is 2. The van der Waals surface area contributed by atoms with Gasteiger partial charge in [-0.15, -0.1) is 0 Å². The summed E-state index contributed by atoms with van der Waals surface area (Å²) >= 11 is 0. The maximum absolute atomic E-state index is 13.3. The number of nitrogens with one attached hydrogen (secondary N) is 1. The first-order valence-corrected chi connectivity index (χ1v) is 9.27. The van der Waals surface area contributed by atoms with Crippen molar-refractivity contribution in [3.8, 4) is 6.07 Å². The van der Waals surface area contributed by atoms with Gasteiger partial charge in [0.05, 0.1) is 46.0 Å². The van der Waals surface area contributed by atoms with Crippen molar-refractivity contribution < 1.29 is 14.3 Å². The lowest BCUT2D eigenvalue weighted by atomic mass is 9.69. The summed E-state index contributed by atoms with van der Waals surface area (Å²) in [6.45, 7) is 4.70. The van der Waals surface area contributed by atoms with Crippen LogP contribution in [0.3, 0.4) is 0 Å². The number of nitriles is 1. The molecule has 4 aliphatic rings. The maximum Gasteiger partial charge on any atom is 0.240 e. The molecule has 0 radical (unpaired) electrons. The van der Waals surface area contributed by atoms with Crippen molar-refractivity contribution in [1.29, 1.82) is 5.26 Å². The number of carbonyl (C=O) groups excluding carboxylic acids is 2. The van der Waals surface area contributed by atoms with Crippen LogP contribution in [-0.2, 0) is 20.7 Å². The van der Waals surface area contributed by atoms with Crippen LogP contribution in [0.25, 0.3) is 0 Å². The Labute approximate surface area is 152 Å². The minimum atomic E-state index is -0.555. The smallest absolute Gasteiger partial charge is 0.240 e. The molecular formula is C20H21N3O3. The number of fused-ring (bicyclic) bond motifs is 6. The summed E-state index contributed by atoms with van der Waals surface area (Å²) in [5, 5.41) is 12.7. The van der Waals surface area contributed by atoms with Crippen LogP contribution in [0.15, 0.2) is 12.1 Å². The summed E-state index contributed by atoms with van der Waals surface area (Å²) in [4.78, 5) is 28.0. The predicted octanol–water partition coefficient (Wildman–Crippen LogP) is 2.36. The zero-order valence-corrected chi connectivity index (χ0v) is 15.0. The number of amides is 2. The lowest BCUT2D eigenvalue weighted by molar-refractivity contribution is -0.129. The Morgan fingerprint density at radius 1 is 1.19 bits per heavy atom. The molecule has 0 aromatic heterocycles. The number of imide groups is 1. The number of ether oxygens (including phenoxy) is 1. The molecule has 0 spiro atoms. The van der Waals surface area contributed by atoms with Crippen LogP contribution in [0.4, 0.5) is 11.4 Å². The average molecular weight is 351 g/mol. The Morgan fingerprint density at radius 3 is 2.46 bits per heavy atom. The number of anilines is 2. The molecule has 26 heavy (non-hydrogen) atoms. The lowest BCUT2D eigenvalue weighted by Crippen LogP contribution is -2.40. The molecule has 3 saturated heterocycles. The summed E-state index contributed by atoms with van der Waals surface area (Å²) in [5.74, 6) is -1.15. The van der Waals surface area contributed by atoms with Crippen LogP contribution in [-0.4, -0.2) is 29.6 Å². The zero-order valence-electron chi connectivity index (χ0n) is 15.0. The van der Waals surface area contributed by atoms with Crippen molar-refractivity contribution in [1.82, 2.24) is 0 Å². The second-order valence-corrected chi connectivity index (χ2v) is 8.32. The minimum absolute atomic E-state index is 0.162. The highest BCUT2D eigenvalue weighted by molar-refractivity contribution is 6.24. The van der Waals surface area contributed by atoms with Gasteiger partial charge in [-0.1, -0.05) is 0 Å². The van der Waals surface area contributed by atoms with Crippen molar-refractivity contribution in [2.45, 2.75) is 50.7 Å². The fourth-order valence-electron chi connectivity index (χ4n) is 5.57. The Bertz CT molecular complexity index is 870. The highest BCUT2D eigenvalue weighted by Crippen LogP contribution is 2.61. The van der Waals surface area contributed by atoms with Gasteiger partial charge in [-0.25, -0.2) is 4.90 Å². The molecule has 134 valence electrons. The van der Waals surface area contributed by atoms with Gasteiger partial charge in [0.25, 0.3) is 0 Å². The van der Waals surface area contributed by atoms with Gasteiger partial charge in [0.15, 0.2) is 0 Å². The summed E-state index contributed by atoms with van der Waals surface area (Å²) in [7, 11) is 0. The van der Waals surface area contributed by atoms with Crippen LogP contribution in [0.5, 0.6) is 0 Å². The maximum atomic E-state index is 13.3. The third-order valence-corrected chi connectivity index (χ3v) is 6.76. The first kappa shape index (κ1) is 15.8. The van der Waals surface area contributed by atoms with Gasteiger partial charge in [-0.3, -0.25) is 9.59 Å². The van der Waals surface area contributed by atoms with Crippen LogP contribution in [0.1, 0.15) is 44.2 Å². The van der Waals surface area contributed by atoms with Gasteiger partial charge < -0.3 is 10.1 Å². The molecule has 6 heteroatoms. The first-order chi connectivity index (χ1) is 12.4.